The standard InChI is InChI=1S/C12H20N4O2/c1-4-18-9-5-8(13)10(9)16-11-7(2)12(17-3)15-6-14-11/h6,8-10H,4-5,13H2,1-3H3,(H,14,15,16). The van der Waals surface area contributed by atoms with E-state index in [2.05, 4.69) is 15.3 Å². The van der Waals surface area contributed by atoms with E-state index in [9.17, 15) is 0 Å². The minimum Gasteiger partial charge on any atom is -0.481 e. The second kappa shape index (κ2) is 5.49. The van der Waals surface area contributed by atoms with Gasteiger partial charge in [-0.3, -0.25) is 0 Å². The van der Waals surface area contributed by atoms with Crippen molar-refractivity contribution in [3.8, 4) is 5.88 Å². The molecule has 18 heavy (non-hydrogen) atoms. The average molecular weight is 252 g/mol. The van der Waals surface area contributed by atoms with Crippen LogP contribution in [0.2, 0.25) is 0 Å². The Morgan fingerprint density at radius 1 is 1.50 bits per heavy atom. The summed E-state index contributed by atoms with van der Waals surface area (Å²) in [5, 5.41) is 3.32. The number of ether oxygens (including phenoxy) is 2. The minimum atomic E-state index is 0.0990. The highest BCUT2D eigenvalue weighted by atomic mass is 16.5. The molecule has 6 nitrogen and oxygen atoms in total. The molecule has 1 saturated carbocycles. The van der Waals surface area contributed by atoms with Gasteiger partial charge in [-0.1, -0.05) is 0 Å². The average Bonchev–Trinajstić information content (AvgIpc) is 2.37. The van der Waals surface area contributed by atoms with Gasteiger partial charge in [0, 0.05) is 12.6 Å². The summed E-state index contributed by atoms with van der Waals surface area (Å²) in [7, 11) is 1.59. The zero-order valence-corrected chi connectivity index (χ0v) is 11.0. The van der Waals surface area contributed by atoms with Crippen LogP contribution in [-0.2, 0) is 4.74 Å². The number of rotatable bonds is 5. The van der Waals surface area contributed by atoms with Crippen molar-refractivity contribution in [1.82, 2.24) is 9.97 Å². The molecule has 0 saturated heterocycles. The van der Waals surface area contributed by atoms with E-state index in [1.54, 1.807) is 7.11 Å². The number of anilines is 1. The van der Waals surface area contributed by atoms with Gasteiger partial charge in [0.1, 0.15) is 12.1 Å². The van der Waals surface area contributed by atoms with Gasteiger partial charge in [-0.05, 0) is 20.3 Å². The van der Waals surface area contributed by atoms with Gasteiger partial charge in [0.2, 0.25) is 5.88 Å². The van der Waals surface area contributed by atoms with E-state index in [1.165, 1.54) is 6.33 Å². The van der Waals surface area contributed by atoms with Crippen LogP contribution in [0.1, 0.15) is 18.9 Å². The van der Waals surface area contributed by atoms with Gasteiger partial charge in [-0.25, -0.2) is 9.97 Å². The molecule has 1 heterocycles. The van der Waals surface area contributed by atoms with Crippen LogP contribution >= 0.6 is 0 Å². The molecule has 1 aliphatic carbocycles. The third-order valence-electron chi connectivity index (χ3n) is 3.28. The number of hydrogen-bond acceptors (Lipinski definition) is 6. The number of nitrogens with one attached hydrogen (secondary N) is 1. The van der Waals surface area contributed by atoms with Crippen LogP contribution in [-0.4, -0.2) is 41.9 Å². The molecule has 3 atom stereocenters. The predicted molar refractivity (Wildman–Crippen MR) is 68.7 cm³/mol. The monoisotopic (exact) mass is 252 g/mol. The second-order valence-electron chi connectivity index (χ2n) is 4.42. The molecule has 2 rings (SSSR count). The maximum absolute atomic E-state index is 5.99. The molecule has 0 radical (unpaired) electrons. The first-order valence-electron chi connectivity index (χ1n) is 6.16. The van der Waals surface area contributed by atoms with Crippen LogP contribution in [0.5, 0.6) is 5.88 Å². The topological polar surface area (TPSA) is 82.3 Å². The van der Waals surface area contributed by atoms with Crippen LogP contribution in [0.25, 0.3) is 0 Å². The van der Waals surface area contributed by atoms with Crippen LogP contribution in [0.3, 0.4) is 0 Å². The molecule has 1 aromatic rings. The molecule has 3 unspecified atom stereocenters. The third-order valence-corrected chi connectivity index (χ3v) is 3.28. The van der Waals surface area contributed by atoms with E-state index in [-0.39, 0.29) is 18.2 Å². The lowest BCUT2D eigenvalue weighted by molar-refractivity contribution is -0.0127. The fourth-order valence-corrected chi connectivity index (χ4v) is 2.17. The minimum absolute atomic E-state index is 0.0990. The number of hydrogen-bond donors (Lipinski definition) is 2. The van der Waals surface area contributed by atoms with Crippen molar-refractivity contribution in [3.63, 3.8) is 0 Å². The van der Waals surface area contributed by atoms with Crippen LogP contribution in [0.15, 0.2) is 6.33 Å². The first kappa shape index (κ1) is 13.0. The van der Waals surface area contributed by atoms with Crippen molar-refractivity contribution in [2.45, 2.75) is 38.5 Å². The summed E-state index contributed by atoms with van der Waals surface area (Å²) in [6.45, 7) is 4.60. The van der Waals surface area contributed by atoms with E-state index < -0.39 is 0 Å². The van der Waals surface area contributed by atoms with E-state index in [0.29, 0.717) is 12.5 Å². The van der Waals surface area contributed by atoms with E-state index in [0.717, 1.165) is 17.8 Å². The SMILES string of the molecule is CCOC1CC(N)C1Nc1ncnc(OC)c1C. The zero-order valence-electron chi connectivity index (χ0n) is 11.0. The summed E-state index contributed by atoms with van der Waals surface area (Å²) in [6, 6.07) is 0.199. The largest absolute Gasteiger partial charge is 0.481 e. The number of methoxy groups -OCH3 is 1. The lowest BCUT2D eigenvalue weighted by Crippen LogP contribution is -2.60. The highest BCUT2D eigenvalue weighted by Gasteiger charge is 2.39. The quantitative estimate of drug-likeness (QED) is 0.803. The predicted octanol–water partition coefficient (Wildman–Crippen LogP) is 0.710. The van der Waals surface area contributed by atoms with Gasteiger partial charge in [0.25, 0.3) is 0 Å². The van der Waals surface area contributed by atoms with E-state index in [1.807, 2.05) is 13.8 Å². The molecular weight excluding hydrogens is 232 g/mol. The fraction of sp³-hybridized carbons (Fsp3) is 0.667. The Morgan fingerprint density at radius 3 is 2.89 bits per heavy atom. The zero-order chi connectivity index (χ0) is 13.1. The van der Waals surface area contributed by atoms with Crippen molar-refractivity contribution < 1.29 is 9.47 Å². The van der Waals surface area contributed by atoms with Gasteiger partial charge < -0.3 is 20.5 Å². The number of aromatic nitrogens is 2. The van der Waals surface area contributed by atoms with Gasteiger partial charge in [0.15, 0.2) is 0 Å². The molecule has 100 valence electrons. The van der Waals surface area contributed by atoms with Gasteiger partial charge in [-0.15, -0.1) is 0 Å². The van der Waals surface area contributed by atoms with Crippen molar-refractivity contribution in [2.24, 2.45) is 5.73 Å². The van der Waals surface area contributed by atoms with Crippen molar-refractivity contribution in [2.75, 3.05) is 19.0 Å². The molecule has 0 aromatic carbocycles. The first-order valence-corrected chi connectivity index (χ1v) is 6.16. The Labute approximate surface area is 107 Å². The summed E-state index contributed by atoms with van der Waals surface area (Å²) >= 11 is 0. The Morgan fingerprint density at radius 2 is 2.28 bits per heavy atom. The summed E-state index contributed by atoms with van der Waals surface area (Å²) in [4.78, 5) is 8.27. The Kier molecular flexibility index (Phi) is 3.98. The normalized spacial score (nSPS) is 26.6. The highest BCUT2D eigenvalue weighted by Crippen LogP contribution is 2.28. The Hall–Kier alpha value is -1.40. The molecule has 0 aliphatic heterocycles. The van der Waals surface area contributed by atoms with Gasteiger partial charge in [-0.2, -0.15) is 0 Å². The van der Waals surface area contributed by atoms with Gasteiger partial charge >= 0.3 is 0 Å². The maximum atomic E-state index is 5.99. The smallest absolute Gasteiger partial charge is 0.221 e. The fourth-order valence-electron chi connectivity index (χ4n) is 2.17. The molecular formula is C12H20N4O2. The van der Waals surface area contributed by atoms with Gasteiger partial charge in [0.05, 0.1) is 24.8 Å². The highest BCUT2D eigenvalue weighted by molar-refractivity contribution is 5.49. The third kappa shape index (κ3) is 2.39. The van der Waals surface area contributed by atoms with E-state index >= 15 is 0 Å². The first-order chi connectivity index (χ1) is 8.67. The van der Waals surface area contributed by atoms with Crippen molar-refractivity contribution >= 4 is 5.82 Å². The molecule has 1 fully saturated rings. The van der Waals surface area contributed by atoms with Crippen LogP contribution in [0, 0.1) is 6.92 Å². The second-order valence-corrected chi connectivity index (χ2v) is 4.42. The summed E-state index contributed by atoms with van der Waals surface area (Å²) < 4.78 is 10.8. The lowest BCUT2D eigenvalue weighted by atomic mass is 9.83. The molecule has 0 amide bonds. The molecule has 0 bridgehead atoms. The van der Waals surface area contributed by atoms with Crippen LogP contribution in [0.4, 0.5) is 5.82 Å². The number of nitrogens with two attached hydrogens (primary N) is 1. The Bertz CT molecular complexity index is 411. The van der Waals surface area contributed by atoms with E-state index in [4.69, 9.17) is 15.2 Å². The Balaban J connectivity index is 2.09. The summed E-state index contributed by atoms with van der Waals surface area (Å²) in [5.74, 6) is 1.33. The maximum Gasteiger partial charge on any atom is 0.221 e. The van der Waals surface area contributed by atoms with Crippen molar-refractivity contribution in [3.05, 3.63) is 11.9 Å². The van der Waals surface area contributed by atoms with Crippen LogP contribution < -0.4 is 15.8 Å². The van der Waals surface area contributed by atoms with Crippen molar-refractivity contribution in [1.29, 1.82) is 0 Å². The number of nitrogens with zero attached hydrogens (tertiary/aromatic N) is 2. The molecule has 6 heteroatoms. The molecule has 1 aromatic heterocycles. The molecule has 3 N–H and O–H groups in total. The molecule has 1 aliphatic rings. The lowest BCUT2D eigenvalue weighted by Gasteiger charge is -2.42. The molecule has 0 spiro atoms. The summed E-state index contributed by atoms with van der Waals surface area (Å²) in [6.07, 6.45) is 2.52. The summed E-state index contributed by atoms with van der Waals surface area (Å²) in [5.41, 5.74) is 6.88.